The van der Waals surface area contributed by atoms with E-state index in [0.717, 1.165) is 12.8 Å². The molecule has 31 heavy (non-hydrogen) atoms. The zero-order valence-electron chi connectivity index (χ0n) is 17.5. The first-order valence-corrected chi connectivity index (χ1v) is 11.5. The minimum absolute atomic E-state index is 0.144. The molecule has 0 spiro atoms. The molecule has 1 N–H and O–H groups in total. The molecule has 1 aliphatic heterocycles. The van der Waals surface area contributed by atoms with E-state index in [2.05, 4.69) is 12.2 Å². The number of rotatable bonds is 6. The molecule has 7 nitrogen and oxygen atoms in total. The van der Waals surface area contributed by atoms with Gasteiger partial charge in [0.25, 0.3) is 5.91 Å². The van der Waals surface area contributed by atoms with Crippen LogP contribution in [0.2, 0.25) is 0 Å². The van der Waals surface area contributed by atoms with Gasteiger partial charge in [0, 0.05) is 31.4 Å². The fraction of sp³-hybridized carbons (Fsp3) is 0.364. The minimum atomic E-state index is -3.59. The number of anilines is 1. The van der Waals surface area contributed by atoms with Gasteiger partial charge in [0.15, 0.2) is 0 Å². The molecule has 0 saturated carbocycles. The number of amides is 2. The Kier molecular flexibility index (Phi) is 7.07. The molecule has 1 fully saturated rings. The summed E-state index contributed by atoms with van der Waals surface area (Å²) in [5.74, 6) is -0.860. The lowest BCUT2D eigenvalue weighted by Gasteiger charge is -2.29. The van der Waals surface area contributed by atoms with Crippen LogP contribution in [0.1, 0.15) is 30.1 Å². The standard InChI is InChI=1S/C22H26FN3O4S/c1-16-10-12-26(13-11-16)31(29,30)20-8-6-17(7-9-20)22(28)25(2)15-21(27)24-19-5-3-4-18(23)14-19/h3-9,14,16H,10-13,15H2,1-2H3,(H,24,27). The molecule has 2 aromatic rings. The van der Waals surface area contributed by atoms with Crippen LogP contribution in [-0.2, 0) is 14.8 Å². The predicted molar refractivity (Wildman–Crippen MR) is 116 cm³/mol. The van der Waals surface area contributed by atoms with E-state index in [9.17, 15) is 22.4 Å². The van der Waals surface area contributed by atoms with Crippen LogP contribution < -0.4 is 5.32 Å². The van der Waals surface area contributed by atoms with Crippen LogP contribution >= 0.6 is 0 Å². The van der Waals surface area contributed by atoms with Gasteiger partial charge < -0.3 is 10.2 Å². The number of nitrogens with zero attached hydrogens (tertiary/aromatic N) is 2. The molecule has 2 amide bonds. The van der Waals surface area contributed by atoms with Gasteiger partial charge in [-0.05, 0) is 61.2 Å². The van der Waals surface area contributed by atoms with E-state index >= 15 is 0 Å². The second kappa shape index (κ2) is 9.57. The first-order chi connectivity index (χ1) is 14.7. The van der Waals surface area contributed by atoms with Crippen LogP contribution in [0.3, 0.4) is 0 Å². The van der Waals surface area contributed by atoms with Gasteiger partial charge in [-0.15, -0.1) is 0 Å². The highest BCUT2D eigenvalue weighted by molar-refractivity contribution is 7.89. The zero-order valence-corrected chi connectivity index (χ0v) is 18.4. The Bertz CT molecular complexity index is 1050. The number of hydrogen-bond donors (Lipinski definition) is 1. The lowest BCUT2D eigenvalue weighted by Crippen LogP contribution is -2.38. The number of piperidine rings is 1. The number of halogens is 1. The number of carbonyl (C=O) groups excluding carboxylic acids is 2. The monoisotopic (exact) mass is 447 g/mol. The molecular formula is C22H26FN3O4S. The number of carbonyl (C=O) groups is 2. The summed E-state index contributed by atoms with van der Waals surface area (Å²) in [6.45, 7) is 2.86. The highest BCUT2D eigenvalue weighted by Gasteiger charge is 2.28. The largest absolute Gasteiger partial charge is 0.332 e. The van der Waals surface area contributed by atoms with Crippen molar-refractivity contribution < 1.29 is 22.4 Å². The van der Waals surface area contributed by atoms with Crippen LogP contribution in [0.4, 0.5) is 10.1 Å². The van der Waals surface area contributed by atoms with Crippen LogP contribution in [0.5, 0.6) is 0 Å². The summed E-state index contributed by atoms with van der Waals surface area (Å²) in [4.78, 5) is 26.1. The maximum Gasteiger partial charge on any atom is 0.254 e. The molecule has 1 heterocycles. The van der Waals surface area contributed by atoms with Crippen molar-refractivity contribution in [1.29, 1.82) is 0 Å². The molecule has 166 valence electrons. The summed E-state index contributed by atoms with van der Waals surface area (Å²) in [6.07, 6.45) is 1.66. The average Bonchev–Trinajstić information content (AvgIpc) is 2.73. The molecular weight excluding hydrogens is 421 g/mol. The molecule has 1 saturated heterocycles. The summed E-state index contributed by atoms with van der Waals surface area (Å²) in [6, 6.07) is 11.2. The van der Waals surface area contributed by atoms with Crippen molar-refractivity contribution >= 4 is 27.5 Å². The van der Waals surface area contributed by atoms with Crippen molar-refractivity contribution in [2.24, 2.45) is 5.92 Å². The Balaban J connectivity index is 1.62. The third kappa shape index (κ3) is 5.68. The molecule has 0 radical (unpaired) electrons. The van der Waals surface area contributed by atoms with Gasteiger partial charge >= 0.3 is 0 Å². The van der Waals surface area contributed by atoms with E-state index in [1.165, 1.54) is 58.7 Å². The topological polar surface area (TPSA) is 86.8 Å². The van der Waals surface area contributed by atoms with Crippen molar-refractivity contribution in [2.45, 2.75) is 24.7 Å². The zero-order chi connectivity index (χ0) is 22.6. The van der Waals surface area contributed by atoms with Crippen molar-refractivity contribution in [3.8, 4) is 0 Å². The Hall–Kier alpha value is -2.78. The number of likely N-dealkylation sites (N-methyl/N-ethyl adjacent to an activating group) is 1. The van der Waals surface area contributed by atoms with E-state index in [1.54, 1.807) is 6.07 Å². The second-order valence-electron chi connectivity index (χ2n) is 7.83. The smallest absolute Gasteiger partial charge is 0.254 e. The maximum atomic E-state index is 13.2. The third-order valence-corrected chi connectivity index (χ3v) is 7.23. The molecule has 1 aliphatic rings. The number of sulfonamides is 1. The number of hydrogen-bond acceptors (Lipinski definition) is 4. The molecule has 9 heteroatoms. The van der Waals surface area contributed by atoms with Crippen molar-refractivity contribution in [3.63, 3.8) is 0 Å². The molecule has 0 aromatic heterocycles. The first kappa shape index (κ1) is 22.9. The van der Waals surface area contributed by atoms with E-state index in [1.807, 2.05) is 0 Å². The Labute approximate surface area is 181 Å². The van der Waals surface area contributed by atoms with E-state index < -0.39 is 27.7 Å². The molecule has 0 atom stereocenters. The maximum absolute atomic E-state index is 13.2. The van der Waals surface area contributed by atoms with Gasteiger partial charge in [-0.1, -0.05) is 13.0 Å². The summed E-state index contributed by atoms with van der Waals surface area (Å²) in [5.41, 5.74) is 0.569. The molecule has 0 aliphatic carbocycles. The van der Waals surface area contributed by atoms with Gasteiger partial charge in [-0.3, -0.25) is 9.59 Å². The van der Waals surface area contributed by atoms with Crippen molar-refractivity contribution in [1.82, 2.24) is 9.21 Å². The van der Waals surface area contributed by atoms with Gasteiger partial charge in [0.1, 0.15) is 5.82 Å². The Morgan fingerprint density at radius 1 is 1.13 bits per heavy atom. The van der Waals surface area contributed by atoms with Gasteiger partial charge in [0.2, 0.25) is 15.9 Å². The van der Waals surface area contributed by atoms with Crippen LogP contribution in [-0.4, -0.2) is 56.1 Å². The lowest BCUT2D eigenvalue weighted by atomic mass is 10.0. The normalized spacial score (nSPS) is 15.5. The predicted octanol–water partition coefficient (Wildman–Crippen LogP) is 2.96. The highest BCUT2D eigenvalue weighted by Crippen LogP contribution is 2.23. The fourth-order valence-corrected chi connectivity index (χ4v) is 4.89. The molecule has 3 rings (SSSR count). The number of nitrogens with one attached hydrogen (secondary N) is 1. The second-order valence-corrected chi connectivity index (χ2v) is 9.77. The summed E-state index contributed by atoms with van der Waals surface area (Å²) < 4.78 is 40.3. The molecule has 0 unspecified atom stereocenters. The Morgan fingerprint density at radius 2 is 1.77 bits per heavy atom. The SMILES string of the molecule is CC1CCN(S(=O)(=O)c2ccc(C(=O)N(C)CC(=O)Nc3cccc(F)c3)cc2)CC1. The molecule has 2 aromatic carbocycles. The van der Waals surface area contributed by atoms with Crippen LogP contribution in [0.15, 0.2) is 53.4 Å². The van der Waals surface area contributed by atoms with Gasteiger partial charge in [-0.2, -0.15) is 4.31 Å². The summed E-state index contributed by atoms with van der Waals surface area (Å²) in [5, 5.41) is 2.53. The van der Waals surface area contributed by atoms with Crippen molar-refractivity contribution in [3.05, 3.63) is 59.9 Å². The highest BCUT2D eigenvalue weighted by atomic mass is 32.2. The van der Waals surface area contributed by atoms with Crippen LogP contribution in [0.25, 0.3) is 0 Å². The van der Waals surface area contributed by atoms with Gasteiger partial charge in [0.05, 0.1) is 11.4 Å². The lowest BCUT2D eigenvalue weighted by molar-refractivity contribution is -0.116. The van der Waals surface area contributed by atoms with Gasteiger partial charge in [-0.25, -0.2) is 12.8 Å². The van der Waals surface area contributed by atoms with E-state index in [4.69, 9.17) is 0 Å². The summed E-state index contributed by atoms with van der Waals surface area (Å²) in [7, 11) is -2.13. The number of benzene rings is 2. The minimum Gasteiger partial charge on any atom is -0.332 e. The fourth-order valence-electron chi connectivity index (χ4n) is 3.42. The van der Waals surface area contributed by atoms with Crippen LogP contribution in [0, 0.1) is 11.7 Å². The van der Waals surface area contributed by atoms with E-state index in [0.29, 0.717) is 24.7 Å². The Morgan fingerprint density at radius 3 is 2.39 bits per heavy atom. The first-order valence-electron chi connectivity index (χ1n) is 10.1. The quantitative estimate of drug-likeness (QED) is 0.738. The van der Waals surface area contributed by atoms with Crippen molar-refractivity contribution in [2.75, 3.05) is 32.0 Å². The average molecular weight is 448 g/mol. The van der Waals surface area contributed by atoms with E-state index in [-0.39, 0.29) is 17.0 Å². The third-order valence-electron chi connectivity index (χ3n) is 5.32. The molecule has 0 bridgehead atoms. The summed E-state index contributed by atoms with van der Waals surface area (Å²) >= 11 is 0.